The zero-order valence-corrected chi connectivity index (χ0v) is 10.6. The lowest BCUT2D eigenvalue weighted by molar-refractivity contribution is 0.397. The molecule has 1 aromatic heterocycles. The molecule has 0 unspecified atom stereocenters. The fraction of sp³-hybridized carbons (Fsp3) is 0.364. The lowest BCUT2D eigenvalue weighted by atomic mass is 10.1. The van der Waals surface area contributed by atoms with Gasteiger partial charge in [0.2, 0.25) is 0 Å². The summed E-state index contributed by atoms with van der Waals surface area (Å²) in [5.74, 6) is 0. The number of nitrogens with zero attached hydrogens (tertiary/aromatic N) is 1. The first-order valence-corrected chi connectivity index (χ1v) is 5.59. The van der Waals surface area contributed by atoms with Crippen LogP contribution >= 0.6 is 15.9 Å². The molecule has 2 rings (SSSR count). The van der Waals surface area contributed by atoms with Crippen molar-refractivity contribution < 1.29 is 0 Å². The maximum absolute atomic E-state index is 11.8. The van der Waals surface area contributed by atoms with Gasteiger partial charge in [-0.3, -0.25) is 4.57 Å². The maximum Gasteiger partial charge on any atom is 0.326 e. The predicted octanol–water partition coefficient (Wildman–Crippen LogP) is 2.85. The summed E-state index contributed by atoms with van der Waals surface area (Å²) in [4.78, 5) is 14.6. The van der Waals surface area contributed by atoms with E-state index in [1.54, 1.807) is 4.57 Å². The molecule has 0 atom stereocenters. The zero-order chi connectivity index (χ0) is 11.2. The molecular weight excluding hydrogens is 256 g/mol. The number of benzene rings is 1. The van der Waals surface area contributed by atoms with Crippen LogP contribution in [0, 0.1) is 0 Å². The van der Waals surface area contributed by atoms with Crippen molar-refractivity contribution in [1.82, 2.24) is 9.55 Å². The molecular formula is C11H13BrN2O. The van der Waals surface area contributed by atoms with Gasteiger partial charge in [-0.1, -0.05) is 15.9 Å². The largest absolute Gasteiger partial charge is 0.326 e. The van der Waals surface area contributed by atoms with E-state index in [1.807, 2.05) is 39.0 Å². The standard InChI is InChI=1S/C11H13BrN2O/c1-11(2,3)14-9-5-4-7(12)6-8(9)13-10(14)15/h4-6H,1-3H3,(H,13,15). The quantitative estimate of drug-likeness (QED) is 0.784. The Morgan fingerprint density at radius 3 is 2.60 bits per heavy atom. The Morgan fingerprint density at radius 2 is 2.00 bits per heavy atom. The monoisotopic (exact) mass is 268 g/mol. The van der Waals surface area contributed by atoms with Crippen molar-refractivity contribution in [2.24, 2.45) is 0 Å². The van der Waals surface area contributed by atoms with Crippen LogP contribution in [0.3, 0.4) is 0 Å². The smallest absolute Gasteiger partial charge is 0.305 e. The normalized spacial score (nSPS) is 12.3. The molecule has 80 valence electrons. The highest BCUT2D eigenvalue weighted by molar-refractivity contribution is 9.10. The number of aromatic amines is 1. The third-order valence-electron chi connectivity index (χ3n) is 2.32. The van der Waals surface area contributed by atoms with Crippen LogP contribution in [0.2, 0.25) is 0 Å². The number of fused-ring (bicyclic) bond motifs is 1. The molecule has 0 aliphatic rings. The summed E-state index contributed by atoms with van der Waals surface area (Å²) in [7, 11) is 0. The first-order chi connectivity index (χ1) is 6.89. The Balaban J connectivity index is 2.86. The van der Waals surface area contributed by atoms with Crippen LogP contribution in [0.25, 0.3) is 11.0 Å². The number of H-pyrrole nitrogens is 1. The first-order valence-electron chi connectivity index (χ1n) is 4.80. The van der Waals surface area contributed by atoms with Crippen molar-refractivity contribution in [2.45, 2.75) is 26.3 Å². The summed E-state index contributed by atoms with van der Waals surface area (Å²) >= 11 is 3.39. The lowest BCUT2D eigenvalue weighted by Gasteiger charge is -2.20. The third kappa shape index (κ3) is 1.74. The van der Waals surface area contributed by atoms with Crippen LogP contribution in [0.15, 0.2) is 27.5 Å². The molecule has 1 heterocycles. The average molecular weight is 269 g/mol. The number of halogens is 1. The van der Waals surface area contributed by atoms with Gasteiger partial charge < -0.3 is 4.98 Å². The molecule has 1 N–H and O–H groups in total. The first kappa shape index (κ1) is 10.5. The molecule has 0 spiro atoms. The van der Waals surface area contributed by atoms with Crippen LogP contribution in [-0.4, -0.2) is 9.55 Å². The van der Waals surface area contributed by atoms with Crippen molar-refractivity contribution in [1.29, 1.82) is 0 Å². The van der Waals surface area contributed by atoms with E-state index in [4.69, 9.17) is 0 Å². The number of aromatic nitrogens is 2. The van der Waals surface area contributed by atoms with Crippen molar-refractivity contribution >= 4 is 27.0 Å². The number of nitrogens with one attached hydrogen (secondary N) is 1. The predicted molar refractivity (Wildman–Crippen MR) is 65.3 cm³/mol. The van der Waals surface area contributed by atoms with Gasteiger partial charge in [-0.15, -0.1) is 0 Å². The Labute approximate surface area is 96.2 Å². The molecule has 0 fully saturated rings. The summed E-state index contributed by atoms with van der Waals surface area (Å²) in [6.45, 7) is 6.05. The highest BCUT2D eigenvalue weighted by Gasteiger charge is 2.18. The number of rotatable bonds is 0. The van der Waals surface area contributed by atoms with Crippen molar-refractivity contribution in [3.05, 3.63) is 33.2 Å². The molecule has 0 aliphatic carbocycles. The summed E-state index contributed by atoms with van der Waals surface area (Å²) in [6, 6.07) is 5.80. The second-order valence-corrected chi connectivity index (χ2v) is 5.51. The lowest BCUT2D eigenvalue weighted by Crippen LogP contribution is -2.31. The zero-order valence-electron chi connectivity index (χ0n) is 8.97. The molecule has 0 radical (unpaired) electrons. The van der Waals surface area contributed by atoms with E-state index >= 15 is 0 Å². The van der Waals surface area contributed by atoms with Gasteiger partial charge in [0.25, 0.3) is 0 Å². The van der Waals surface area contributed by atoms with E-state index in [0.717, 1.165) is 15.5 Å². The van der Waals surface area contributed by atoms with E-state index in [9.17, 15) is 4.79 Å². The Kier molecular flexibility index (Phi) is 2.26. The van der Waals surface area contributed by atoms with Gasteiger partial charge >= 0.3 is 5.69 Å². The minimum absolute atomic E-state index is 0.0596. The fourth-order valence-electron chi connectivity index (χ4n) is 1.75. The van der Waals surface area contributed by atoms with Crippen LogP contribution in [0.1, 0.15) is 20.8 Å². The highest BCUT2D eigenvalue weighted by Crippen LogP contribution is 2.21. The van der Waals surface area contributed by atoms with Crippen molar-refractivity contribution in [3.63, 3.8) is 0 Å². The average Bonchev–Trinajstić information content (AvgIpc) is 2.38. The topological polar surface area (TPSA) is 37.8 Å². The van der Waals surface area contributed by atoms with Gasteiger partial charge in [-0.25, -0.2) is 4.79 Å². The molecule has 0 aliphatic heterocycles. The van der Waals surface area contributed by atoms with Crippen molar-refractivity contribution in [3.8, 4) is 0 Å². The summed E-state index contributed by atoms with van der Waals surface area (Å²) in [5, 5.41) is 0. The number of hydrogen-bond donors (Lipinski definition) is 1. The minimum Gasteiger partial charge on any atom is -0.305 e. The van der Waals surface area contributed by atoms with Gasteiger partial charge in [0.05, 0.1) is 11.0 Å². The van der Waals surface area contributed by atoms with Gasteiger partial charge in [0.15, 0.2) is 0 Å². The van der Waals surface area contributed by atoms with Gasteiger partial charge in [-0.05, 0) is 39.0 Å². The van der Waals surface area contributed by atoms with Crippen LogP contribution in [0.4, 0.5) is 0 Å². The molecule has 1 aromatic carbocycles. The molecule has 4 heteroatoms. The van der Waals surface area contributed by atoms with E-state index in [-0.39, 0.29) is 11.2 Å². The van der Waals surface area contributed by atoms with Crippen LogP contribution < -0.4 is 5.69 Å². The van der Waals surface area contributed by atoms with Crippen molar-refractivity contribution in [2.75, 3.05) is 0 Å². The van der Waals surface area contributed by atoms with Gasteiger partial charge in [0.1, 0.15) is 0 Å². The number of hydrogen-bond acceptors (Lipinski definition) is 1. The van der Waals surface area contributed by atoms with Gasteiger partial charge in [0, 0.05) is 10.0 Å². The van der Waals surface area contributed by atoms with Crippen LogP contribution in [0.5, 0.6) is 0 Å². The minimum atomic E-state index is -0.205. The molecule has 15 heavy (non-hydrogen) atoms. The maximum atomic E-state index is 11.8. The summed E-state index contributed by atoms with van der Waals surface area (Å²) < 4.78 is 2.74. The second kappa shape index (κ2) is 3.23. The van der Waals surface area contributed by atoms with E-state index in [1.165, 1.54) is 0 Å². The molecule has 3 nitrogen and oxygen atoms in total. The molecule has 2 aromatic rings. The van der Waals surface area contributed by atoms with Gasteiger partial charge in [-0.2, -0.15) is 0 Å². The summed E-state index contributed by atoms with van der Waals surface area (Å²) in [5.41, 5.74) is 1.54. The van der Waals surface area contributed by atoms with E-state index in [2.05, 4.69) is 20.9 Å². The highest BCUT2D eigenvalue weighted by atomic mass is 79.9. The SMILES string of the molecule is CC(C)(C)n1c(=O)[nH]c2cc(Br)ccc21. The van der Waals surface area contributed by atoms with Crippen LogP contribution in [-0.2, 0) is 5.54 Å². The molecule has 0 saturated carbocycles. The number of imidazole rings is 1. The van der Waals surface area contributed by atoms with E-state index < -0.39 is 0 Å². The molecule has 0 bridgehead atoms. The summed E-state index contributed by atoms with van der Waals surface area (Å²) in [6.07, 6.45) is 0. The Hall–Kier alpha value is -1.03. The third-order valence-corrected chi connectivity index (χ3v) is 2.81. The molecule has 0 amide bonds. The second-order valence-electron chi connectivity index (χ2n) is 4.60. The Morgan fingerprint density at radius 1 is 1.33 bits per heavy atom. The van der Waals surface area contributed by atoms with E-state index in [0.29, 0.717) is 0 Å². The fourth-order valence-corrected chi connectivity index (χ4v) is 2.11. The Bertz CT molecular complexity index is 560. The molecule has 0 saturated heterocycles.